The molecule has 0 spiro atoms. The molecule has 336 valence electrons. The van der Waals surface area contributed by atoms with Gasteiger partial charge >= 0.3 is 0 Å². The van der Waals surface area contributed by atoms with Gasteiger partial charge in [0.1, 0.15) is 6.10 Å². The third kappa shape index (κ3) is 8.43. The Balaban J connectivity index is 1.18. The standard InChI is InChI=1S/C65H53NO3/c1-3-69-65(63-39-59(44-16-8-5-9-17-44)52(41-68)37-61(63)50-29-33-57-48(35-50)27-25-46-19-11-13-21-55(46)57)64(66-53-30-22-42(2)23-31-53)62-38-58(43-14-6-4-7-15-43)51(40-67)36-60(62)49-28-32-56-47(34-49)26-24-45-18-10-12-20-54(45)56/h4-23,28-41,64-66H,3,24-27H2,1-2H3. The first-order valence-corrected chi connectivity index (χ1v) is 24.2. The normalized spacial score (nSPS) is 13.2. The van der Waals surface area contributed by atoms with Crippen molar-refractivity contribution in [2.75, 3.05) is 11.9 Å². The molecule has 0 saturated carbocycles. The molecule has 2 aliphatic carbocycles. The summed E-state index contributed by atoms with van der Waals surface area (Å²) in [6, 6.07) is 68.0. The topological polar surface area (TPSA) is 55.4 Å². The van der Waals surface area contributed by atoms with Gasteiger partial charge in [0, 0.05) is 23.4 Å². The number of hydrogen-bond acceptors (Lipinski definition) is 4. The third-order valence-corrected chi connectivity index (χ3v) is 14.3. The zero-order valence-corrected chi connectivity index (χ0v) is 39.0. The van der Waals surface area contributed by atoms with Crippen LogP contribution >= 0.6 is 0 Å². The molecule has 4 nitrogen and oxygen atoms in total. The molecule has 11 rings (SSSR count). The van der Waals surface area contributed by atoms with Gasteiger partial charge in [0.15, 0.2) is 12.6 Å². The number of anilines is 1. The molecule has 69 heavy (non-hydrogen) atoms. The minimum Gasteiger partial charge on any atom is -0.375 e. The summed E-state index contributed by atoms with van der Waals surface area (Å²) in [4.78, 5) is 26.7. The first-order valence-electron chi connectivity index (χ1n) is 24.2. The summed E-state index contributed by atoms with van der Waals surface area (Å²) in [5.41, 5.74) is 23.2. The van der Waals surface area contributed by atoms with Crippen molar-refractivity contribution >= 4 is 18.3 Å². The van der Waals surface area contributed by atoms with Crippen molar-refractivity contribution in [2.24, 2.45) is 0 Å². The predicted octanol–water partition coefficient (Wildman–Crippen LogP) is 15.8. The zero-order valence-electron chi connectivity index (χ0n) is 39.0. The van der Waals surface area contributed by atoms with E-state index in [-0.39, 0.29) is 0 Å². The van der Waals surface area contributed by atoms with Crippen LogP contribution in [0.3, 0.4) is 0 Å². The van der Waals surface area contributed by atoms with Gasteiger partial charge in [-0.15, -0.1) is 0 Å². The molecule has 0 fully saturated rings. The van der Waals surface area contributed by atoms with Crippen molar-refractivity contribution in [3.63, 3.8) is 0 Å². The fourth-order valence-corrected chi connectivity index (χ4v) is 10.9. The maximum Gasteiger partial charge on any atom is 0.150 e. The summed E-state index contributed by atoms with van der Waals surface area (Å²) in [6.07, 6.45) is 5.16. The van der Waals surface area contributed by atoms with Gasteiger partial charge in [-0.1, -0.05) is 163 Å². The maximum absolute atomic E-state index is 13.4. The number of fused-ring (bicyclic) bond motifs is 6. The van der Waals surface area contributed by atoms with Crippen molar-refractivity contribution in [2.45, 2.75) is 51.7 Å². The van der Waals surface area contributed by atoms with E-state index < -0.39 is 12.1 Å². The largest absolute Gasteiger partial charge is 0.375 e. The Labute approximate surface area is 405 Å². The molecule has 0 bridgehead atoms. The number of rotatable bonds is 13. The third-order valence-electron chi connectivity index (χ3n) is 14.3. The van der Waals surface area contributed by atoms with Crippen LogP contribution in [-0.4, -0.2) is 19.2 Å². The van der Waals surface area contributed by atoms with Crippen molar-refractivity contribution in [3.8, 4) is 66.8 Å². The number of nitrogens with one attached hydrogen (secondary N) is 1. The molecule has 9 aromatic carbocycles. The van der Waals surface area contributed by atoms with Crippen molar-refractivity contribution in [1.82, 2.24) is 0 Å². The molecule has 0 radical (unpaired) electrons. The van der Waals surface area contributed by atoms with Crippen molar-refractivity contribution in [3.05, 3.63) is 244 Å². The molecule has 0 heterocycles. The minimum atomic E-state index is -0.597. The second-order valence-corrected chi connectivity index (χ2v) is 18.4. The Morgan fingerprint density at radius 2 is 0.884 bits per heavy atom. The van der Waals surface area contributed by atoms with Crippen molar-refractivity contribution in [1.29, 1.82) is 0 Å². The van der Waals surface area contributed by atoms with Crippen LogP contribution in [-0.2, 0) is 30.4 Å². The van der Waals surface area contributed by atoms with E-state index in [2.05, 4.69) is 177 Å². The molecule has 2 atom stereocenters. The lowest BCUT2D eigenvalue weighted by Gasteiger charge is -2.34. The summed E-state index contributed by atoms with van der Waals surface area (Å²) >= 11 is 0. The Bertz CT molecular complexity index is 3370. The Morgan fingerprint density at radius 3 is 1.39 bits per heavy atom. The second-order valence-electron chi connectivity index (χ2n) is 18.4. The van der Waals surface area contributed by atoms with Gasteiger partial charge in [-0.2, -0.15) is 0 Å². The van der Waals surface area contributed by atoms with Crippen LogP contribution in [0.1, 0.15) is 78.7 Å². The van der Waals surface area contributed by atoms with Crippen molar-refractivity contribution < 1.29 is 14.3 Å². The minimum absolute atomic E-state index is 0.415. The summed E-state index contributed by atoms with van der Waals surface area (Å²) < 4.78 is 7.23. The molecule has 4 heteroatoms. The molecular formula is C65H53NO3. The van der Waals surface area contributed by atoms with E-state index >= 15 is 0 Å². The summed E-state index contributed by atoms with van der Waals surface area (Å²) in [6.45, 7) is 4.57. The lowest BCUT2D eigenvalue weighted by atomic mass is 9.79. The average molecular weight is 896 g/mol. The molecule has 0 aliphatic heterocycles. The van der Waals surface area contributed by atoms with Gasteiger partial charge in [-0.3, -0.25) is 9.59 Å². The molecular weight excluding hydrogens is 843 g/mol. The first kappa shape index (κ1) is 43.6. The summed E-state index contributed by atoms with van der Waals surface area (Å²) in [5, 5.41) is 4.05. The van der Waals surface area contributed by atoms with E-state index in [1.54, 1.807) is 0 Å². The highest BCUT2D eigenvalue weighted by atomic mass is 16.5. The number of hydrogen-bond donors (Lipinski definition) is 1. The molecule has 1 N–H and O–H groups in total. The highest BCUT2D eigenvalue weighted by Crippen LogP contribution is 2.48. The molecule has 2 aliphatic rings. The van der Waals surface area contributed by atoms with Crippen LogP contribution in [0.5, 0.6) is 0 Å². The number of ether oxygens (including phenoxy) is 1. The van der Waals surface area contributed by atoms with Crippen LogP contribution < -0.4 is 5.32 Å². The fraction of sp³-hybridized carbons (Fsp3) is 0.138. The van der Waals surface area contributed by atoms with Gasteiger partial charge < -0.3 is 10.1 Å². The SMILES string of the molecule is CCOC(c1cc(-c2ccccc2)c(C=O)cc1-c1ccc2c(c1)CCc1ccccc1-2)C(Nc1ccc(C)cc1)c1cc(-c2ccccc2)c(C=O)cc1-c1ccc2c(c1)CCc1ccccc1-2. The molecule has 0 saturated heterocycles. The monoisotopic (exact) mass is 895 g/mol. The average Bonchev–Trinajstić information content (AvgIpc) is 3.41. The van der Waals surface area contributed by atoms with E-state index in [4.69, 9.17) is 4.74 Å². The van der Waals surface area contributed by atoms with Gasteiger partial charge in [-0.05, 0) is 176 Å². The lowest BCUT2D eigenvalue weighted by Crippen LogP contribution is -2.24. The van der Waals surface area contributed by atoms with Crippen LogP contribution in [0.15, 0.2) is 194 Å². The van der Waals surface area contributed by atoms with E-state index in [1.807, 2.05) is 36.4 Å². The van der Waals surface area contributed by atoms with Crippen LogP contribution in [0.2, 0.25) is 0 Å². The molecule has 2 unspecified atom stereocenters. The first-order chi connectivity index (χ1) is 34.0. The molecule has 0 amide bonds. The molecule has 0 aromatic heterocycles. The summed E-state index contributed by atoms with van der Waals surface area (Å²) in [5.74, 6) is 0. The van der Waals surface area contributed by atoms with Gasteiger partial charge in [0.2, 0.25) is 0 Å². The second kappa shape index (κ2) is 19.0. The highest BCUT2D eigenvalue weighted by molar-refractivity contribution is 5.94. The van der Waals surface area contributed by atoms with Gasteiger partial charge in [0.05, 0.1) is 6.04 Å². The lowest BCUT2D eigenvalue weighted by molar-refractivity contribution is 0.0484. The number of benzene rings is 9. The number of carbonyl (C=O) groups excluding carboxylic acids is 2. The van der Waals surface area contributed by atoms with Gasteiger partial charge in [0.25, 0.3) is 0 Å². The Hall–Kier alpha value is -7.92. The maximum atomic E-state index is 13.4. The quantitative estimate of drug-likeness (QED) is 0.117. The van der Waals surface area contributed by atoms with E-state index in [0.29, 0.717) is 17.7 Å². The summed E-state index contributed by atoms with van der Waals surface area (Å²) in [7, 11) is 0. The smallest absolute Gasteiger partial charge is 0.150 e. The fourth-order valence-electron chi connectivity index (χ4n) is 10.9. The van der Waals surface area contributed by atoms with E-state index in [0.717, 1.165) is 105 Å². The van der Waals surface area contributed by atoms with Crippen LogP contribution in [0.25, 0.3) is 66.8 Å². The molecule has 9 aromatic rings. The predicted molar refractivity (Wildman–Crippen MR) is 283 cm³/mol. The zero-order chi connectivity index (χ0) is 46.8. The van der Waals surface area contributed by atoms with E-state index in [1.165, 1.54) is 44.5 Å². The number of aldehydes is 2. The highest BCUT2D eigenvalue weighted by Gasteiger charge is 2.33. The van der Waals surface area contributed by atoms with Gasteiger partial charge in [-0.25, -0.2) is 0 Å². The van der Waals surface area contributed by atoms with Crippen LogP contribution in [0, 0.1) is 6.92 Å². The number of aryl methyl sites for hydroxylation is 5. The van der Waals surface area contributed by atoms with E-state index in [9.17, 15) is 9.59 Å². The Morgan fingerprint density at radius 1 is 0.435 bits per heavy atom. The Kier molecular flexibility index (Phi) is 12.0. The van der Waals surface area contributed by atoms with Crippen LogP contribution in [0.4, 0.5) is 5.69 Å². The number of carbonyl (C=O) groups is 2.